The number of amides is 2. The second kappa shape index (κ2) is 6.65. The van der Waals surface area contributed by atoms with Gasteiger partial charge in [-0.25, -0.2) is 0 Å². The monoisotopic (exact) mass is 342 g/mol. The number of hydrogen-bond donors (Lipinski definition) is 1. The summed E-state index contributed by atoms with van der Waals surface area (Å²) in [7, 11) is 0. The summed E-state index contributed by atoms with van der Waals surface area (Å²) in [5, 5.41) is 3.40. The lowest BCUT2D eigenvalue weighted by Crippen LogP contribution is -2.28. The van der Waals surface area contributed by atoms with Gasteiger partial charge in [0.25, 0.3) is 0 Å². The maximum atomic E-state index is 12.4. The maximum Gasteiger partial charge on any atom is 0.229 e. The van der Waals surface area contributed by atoms with Crippen LogP contribution in [-0.4, -0.2) is 18.4 Å². The highest BCUT2D eigenvalue weighted by molar-refractivity contribution is 6.30. The van der Waals surface area contributed by atoms with E-state index in [0.717, 1.165) is 11.3 Å². The van der Waals surface area contributed by atoms with Crippen LogP contribution in [0.2, 0.25) is 5.02 Å². The fraction of sp³-hybridized carbons (Fsp3) is 0.263. The number of rotatable bonds is 3. The third kappa shape index (κ3) is 3.44. The number of carbonyl (C=O) groups is 2. The minimum absolute atomic E-state index is 0.0236. The number of hydrogen-bond acceptors (Lipinski definition) is 2. The van der Waals surface area contributed by atoms with Crippen LogP contribution in [0.15, 0.2) is 42.5 Å². The predicted molar refractivity (Wildman–Crippen MR) is 96.5 cm³/mol. The largest absolute Gasteiger partial charge is 0.326 e. The van der Waals surface area contributed by atoms with Crippen LogP contribution in [0.4, 0.5) is 11.4 Å². The average Bonchev–Trinajstić information content (AvgIpc) is 2.92. The minimum Gasteiger partial charge on any atom is -0.326 e. The highest BCUT2D eigenvalue weighted by atomic mass is 35.5. The van der Waals surface area contributed by atoms with Gasteiger partial charge in [-0.05, 0) is 55.3 Å². The Morgan fingerprint density at radius 2 is 1.96 bits per heavy atom. The summed E-state index contributed by atoms with van der Waals surface area (Å²) < 4.78 is 0. The molecule has 0 unspecified atom stereocenters. The molecule has 1 saturated heterocycles. The van der Waals surface area contributed by atoms with Crippen LogP contribution in [0.25, 0.3) is 0 Å². The van der Waals surface area contributed by atoms with Crippen molar-refractivity contribution in [2.24, 2.45) is 5.92 Å². The second-order valence-electron chi connectivity index (χ2n) is 6.17. The van der Waals surface area contributed by atoms with Gasteiger partial charge in [0, 0.05) is 29.4 Å². The number of nitrogens with one attached hydrogen (secondary N) is 1. The van der Waals surface area contributed by atoms with Crippen molar-refractivity contribution in [1.29, 1.82) is 0 Å². The standard InChI is InChI=1S/C19H19ClN2O2/c1-12-6-7-17(8-13(12)2)22-11-14(9-18(22)23)19(24)21-16-5-3-4-15(20)10-16/h3-8,10,14H,9,11H2,1-2H3,(H,21,24)/t14-/m1/s1. The zero-order chi connectivity index (χ0) is 17.3. The Bertz CT molecular complexity index is 804. The van der Waals surface area contributed by atoms with Crippen molar-refractivity contribution in [3.63, 3.8) is 0 Å². The summed E-state index contributed by atoms with van der Waals surface area (Å²) in [5.41, 5.74) is 3.80. The van der Waals surface area contributed by atoms with Crippen LogP contribution in [-0.2, 0) is 9.59 Å². The molecule has 0 spiro atoms. The van der Waals surface area contributed by atoms with E-state index in [-0.39, 0.29) is 24.2 Å². The number of aryl methyl sites for hydroxylation is 2. The molecule has 0 aliphatic carbocycles. The molecule has 0 saturated carbocycles. The molecule has 2 aromatic rings. The van der Waals surface area contributed by atoms with E-state index < -0.39 is 0 Å². The number of carbonyl (C=O) groups excluding carboxylic acids is 2. The first kappa shape index (κ1) is 16.5. The molecular formula is C19H19ClN2O2. The quantitative estimate of drug-likeness (QED) is 0.918. The minimum atomic E-state index is -0.363. The van der Waals surface area contributed by atoms with Gasteiger partial charge in [-0.1, -0.05) is 23.7 Å². The van der Waals surface area contributed by atoms with Crippen molar-refractivity contribution >= 4 is 34.8 Å². The van der Waals surface area contributed by atoms with Crippen molar-refractivity contribution in [3.8, 4) is 0 Å². The van der Waals surface area contributed by atoms with Crippen molar-refractivity contribution in [2.45, 2.75) is 20.3 Å². The molecule has 124 valence electrons. The number of halogens is 1. The SMILES string of the molecule is Cc1ccc(N2C[C@H](C(=O)Nc3cccc(Cl)c3)CC2=O)cc1C. The third-order valence-corrected chi connectivity index (χ3v) is 4.63. The fourth-order valence-electron chi connectivity index (χ4n) is 2.84. The van der Waals surface area contributed by atoms with Gasteiger partial charge < -0.3 is 10.2 Å². The van der Waals surface area contributed by atoms with E-state index in [4.69, 9.17) is 11.6 Å². The molecule has 4 nitrogen and oxygen atoms in total. The highest BCUT2D eigenvalue weighted by Crippen LogP contribution is 2.27. The van der Waals surface area contributed by atoms with E-state index in [9.17, 15) is 9.59 Å². The number of nitrogens with zero attached hydrogens (tertiary/aromatic N) is 1. The molecule has 1 heterocycles. The van der Waals surface area contributed by atoms with Gasteiger partial charge in [-0.3, -0.25) is 9.59 Å². The molecule has 1 fully saturated rings. The van der Waals surface area contributed by atoms with E-state index >= 15 is 0 Å². The molecular weight excluding hydrogens is 324 g/mol. The number of benzene rings is 2. The molecule has 24 heavy (non-hydrogen) atoms. The lowest BCUT2D eigenvalue weighted by molar-refractivity contribution is -0.122. The number of anilines is 2. The molecule has 1 atom stereocenters. The summed E-state index contributed by atoms with van der Waals surface area (Å²) >= 11 is 5.93. The van der Waals surface area contributed by atoms with Crippen LogP contribution in [0.3, 0.4) is 0 Å². The summed E-state index contributed by atoms with van der Waals surface area (Å²) in [6.45, 7) is 4.45. The molecule has 1 aliphatic rings. The molecule has 0 bridgehead atoms. The van der Waals surface area contributed by atoms with Crippen LogP contribution in [0.1, 0.15) is 17.5 Å². The molecule has 0 radical (unpaired) electrons. The topological polar surface area (TPSA) is 49.4 Å². The van der Waals surface area contributed by atoms with Crippen LogP contribution < -0.4 is 10.2 Å². The Morgan fingerprint density at radius 1 is 1.17 bits per heavy atom. The zero-order valence-electron chi connectivity index (χ0n) is 13.7. The summed E-state index contributed by atoms with van der Waals surface area (Å²) in [6.07, 6.45) is 0.222. The van der Waals surface area contributed by atoms with Gasteiger partial charge in [-0.2, -0.15) is 0 Å². The van der Waals surface area contributed by atoms with Crippen molar-refractivity contribution in [1.82, 2.24) is 0 Å². The molecule has 5 heteroatoms. The Labute approximate surface area is 146 Å². The van der Waals surface area contributed by atoms with Crippen molar-refractivity contribution < 1.29 is 9.59 Å². The maximum absolute atomic E-state index is 12.4. The van der Waals surface area contributed by atoms with Crippen molar-refractivity contribution in [2.75, 3.05) is 16.8 Å². The van der Waals surface area contributed by atoms with Gasteiger partial charge >= 0.3 is 0 Å². The van der Waals surface area contributed by atoms with Gasteiger partial charge in [0.05, 0.1) is 5.92 Å². The van der Waals surface area contributed by atoms with Gasteiger partial charge in [0.2, 0.25) is 11.8 Å². The lowest BCUT2D eigenvalue weighted by Gasteiger charge is -2.18. The Morgan fingerprint density at radius 3 is 2.67 bits per heavy atom. The normalized spacial score (nSPS) is 17.2. The van der Waals surface area contributed by atoms with Crippen LogP contribution in [0, 0.1) is 19.8 Å². The van der Waals surface area contributed by atoms with Crippen LogP contribution >= 0.6 is 11.6 Å². The first-order chi connectivity index (χ1) is 11.4. The van der Waals surface area contributed by atoms with Crippen molar-refractivity contribution in [3.05, 3.63) is 58.6 Å². The highest BCUT2D eigenvalue weighted by Gasteiger charge is 2.35. The fourth-order valence-corrected chi connectivity index (χ4v) is 3.03. The summed E-state index contributed by atoms with van der Waals surface area (Å²) in [5.74, 6) is -0.542. The first-order valence-electron chi connectivity index (χ1n) is 7.88. The molecule has 0 aromatic heterocycles. The summed E-state index contributed by atoms with van der Waals surface area (Å²) in [4.78, 5) is 26.4. The van der Waals surface area contributed by atoms with Gasteiger partial charge in [0.15, 0.2) is 0 Å². The van der Waals surface area contributed by atoms with E-state index in [1.165, 1.54) is 5.56 Å². The molecule has 1 aliphatic heterocycles. The molecule has 2 amide bonds. The molecule has 2 aromatic carbocycles. The lowest BCUT2D eigenvalue weighted by atomic mass is 10.1. The Hall–Kier alpha value is -2.33. The van der Waals surface area contributed by atoms with E-state index in [2.05, 4.69) is 5.32 Å². The van der Waals surface area contributed by atoms with Gasteiger partial charge in [0.1, 0.15) is 0 Å². The van der Waals surface area contributed by atoms with Gasteiger partial charge in [-0.15, -0.1) is 0 Å². The molecule has 3 rings (SSSR count). The van der Waals surface area contributed by atoms with E-state index in [1.54, 1.807) is 29.2 Å². The molecule has 1 N–H and O–H groups in total. The van der Waals surface area contributed by atoms with E-state index in [1.807, 2.05) is 32.0 Å². The first-order valence-corrected chi connectivity index (χ1v) is 8.26. The average molecular weight is 343 g/mol. The smallest absolute Gasteiger partial charge is 0.229 e. The summed E-state index contributed by atoms with van der Waals surface area (Å²) in [6, 6.07) is 12.9. The zero-order valence-corrected chi connectivity index (χ0v) is 14.4. The Balaban J connectivity index is 1.72. The predicted octanol–water partition coefficient (Wildman–Crippen LogP) is 3.95. The second-order valence-corrected chi connectivity index (χ2v) is 6.61. The third-order valence-electron chi connectivity index (χ3n) is 4.39. The Kier molecular flexibility index (Phi) is 4.58. The van der Waals surface area contributed by atoms with E-state index in [0.29, 0.717) is 17.3 Å². The van der Waals surface area contributed by atoms with Crippen LogP contribution in [0.5, 0.6) is 0 Å².